The summed E-state index contributed by atoms with van der Waals surface area (Å²) in [6.07, 6.45) is 0. The van der Waals surface area contributed by atoms with Crippen molar-refractivity contribution < 1.29 is 4.79 Å². The second kappa shape index (κ2) is 10.2. The van der Waals surface area contributed by atoms with Crippen LogP contribution in [0, 0.1) is 5.41 Å². The van der Waals surface area contributed by atoms with E-state index in [0.29, 0.717) is 6.54 Å². The van der Waals surface area contributed by atoms with Gasteiger partial charge in [0.25, 0.3) is 0 Å². The molecule has 1 aliphatic heterocycles. The molecular weight excluding hydrogens is 465 g/mol. The maximum Gasteiger partial charge on any atom is 0.227 e. The monoisotopic (exact) mass is 493 g/mol. The summed E-state index contributed by atoms with van der Waals surface area (Å²) in [5, 5.41) is 6.82. The molecule has 2 N–H and O–H groups in total. The number of aliphatic imine (C=N–C) groups is 1. The van der Waals surface area contributed by atoms with Crippen molar-refractivity contribution in [1.29, 1.82) is 0 Å². The minimum absolute atomic E-state index is 0. The van der Waals surface area contributed by atoms with Crippen LogP contribution in [0.3, 0.4) is 0 Å². The lowest BCUT2D eigenvalue weighted by molar-refractivity contribution is -0.128. The highest BCUT2D eigenvalue weighted by Crippen LogP contribution is 2.26. The Labute approximate surface area is 178 Å². The van der Waals surface area contributed by atoms with Gasteiger partial charge in [0, 0.05) is 46.8 Å². The van der Waals surface area contributed by atoms with Gasteiger partial charge in [-0.1, -0.05) is 23.7 Å². The third-order valence-electron chi connectivity index (χ3n) is 4.51. The average Bonchev–Trinajstić information content (AvgIpc) is 2.62. The first-order chi connectivity index (χ1) is 11.9. The molecule has 6 nitrogen and oxygen atoms in total. The highest BCUT2D eigenvalue weighted by atomic mass is 127. The molecule has 1 aliphatic rings. The van der Waals surface area contributed by atoms with Gasteiger partial charge in [0.2, 0.25) is 5.91 Å². The van der Waals surface area contributed by atoms with Crippen LogP contribution in [0.4, 0.5) is 5.69 Å². The van der Waals surface area contributed by atoms with Gasteiger partial charge in [0.15, 0.2) is 5.96 Å². The fraction of sp³-hybridized carbons (Fsp3) is 0.556. The van der Waals surface area contributed by atoms with Crippen LogP contribution in [0.1, 0.15) is 13.8 Å². The Morgan fingerprint density at radius 3 is 2.38 bits per heavy atom. The molecule has 1 saturated heterocycles. The molecule has 146 valence electrons. The number of benzene rings is 1. The maximum atomic E-state index is 11.9. The number of rotatable bonds is 4. The number of hydrogen-bond donors (Lipinski definition) is 2. The van der Waals surface area contributed by atoms with Crippen molar-refractivity contribution in [2.24, 2.45) is 10.4 Å². The molecule has 1 amide bonds. The SMILES string of the molecule is CN=C(NCC(C)(C)C(=O)NC)N1CCN(c2ccccc2Cl)CC1.I. The first-order valence-corrected chi connectivity index (χ1v) is 8.94. The number of hydrogen-bond acceptors (Lipinski definition) is 3. The Morgan fingerprint density at radius 2 is 1.85 bits per heavy atom. The zero-order valence-corrected chi connectivity index (χ0v) is 19.0. The largest absolute Gasteiger partial charge is 0.367 e. The van der Waals surface area contributed by atoms with Gasteiger partial charge >= 0.3 is 0 Å². The van der Waals surface area contributed by atoms with Gasteiger partial charge in [0.05, 0.1) is 16.1 Å². The molecule has 0 radical (unpaired) electrons. The second-order valence-electron chi connectivity index (χ2n) is 6.79. The summed E-state index contributed by atoms with van der Waals surface area (Å²) < 4.78 is 0. The molecule has 0 spiro atoms. The smallest absolute Gasteiger partial charge is 0.227 e. The molecule has 0 aromatic heterocycles. The van der Waals surface area contributed by atoms with Gasteiger partial charge in [-0.15, -0.1) is 24.0 Å². The summed E-state index contributed by atoms with van der Waals surface area (Å²) in [6, 6.07) is 7.93. The van der Waals surface area contributed by atoms with Gasteiger partial charge in [0.1, 0.15) is 0 Å². The van der Waals surface area contributed by atoms with E-state index in [0.717, 1.165) is 42.8 Å². The van der Waals surface area contributed by atoms with Crippen molar-refractivity contribution in [2.45, 2.75) is 13.8 Å². The first-order valence-electron chi connectivity index (χ1n) is 8.56. The van der Waals surface area contributed by atoms with Crippen LogP contribution in [-0.4, -0.2) is 63.6 Å². The molecule has 1 aromatic rings. The van der Waals surface area contributed by atoms with E-state index in [1.807, 2.05) is 32.0 Å². The molecule has 1 aromatic carbocycles. The molecule has 26 heavy (non-hydrogen) atoms. The van der Waals surface area contributed by atoms with E-state index in [2.05, 4.69) is 31.5 Å². The predicted octanol–water partition coefficient (Wildman–Crippen LogP) is 2.43. The quantitative estimate of drug-likeness (QED) is 0.384. The van der Waals surface area contributed by atoms with Crippen molar-refractivity contribution >= 4 is 53.1 Å². The number of guanidine groups is 1. The number of nitrogens with one attached hydrogen (secondary N) is 2. The molecule has 0 atom stereocenters. The van der Waals surface area contributed by atoms with Gasteiger partial charge in [-0.05, 0) is 26.0 Å². The minimum Gasteiger partial charge on any atom is -0.367 e. The number of para-hydroxylation sites is 1. The van der Waals surface area contributed by atoms with Crippen LogP contribution in [0.25, 0.3) is 0 Å². The number of amides is 1. The lowest BCUT2D eigenvalue weighted by atomic mass is 9.92. The van der Waals surface area contributed by atoms with E-state index < -0.39 is 5.41 Å². The number of piperazine rings is 1. The van der Waals surface area contributed by atoms with Crippen molar-refractivity contribution in [3.63, 3.8) is 0 Å². The normalized spacial score (nSPS) is 15.3. The minimum atomic E-state index is -0.496. The number of halogens is 2. The fourth-order valence-corrected chi connectivity index (χ4v) is 3.17. The Bertz CT molecular complexity index is 630. The van der Waals surface area contributed by atoms with E-state index in [1.165, 1.54) is 0 Å². The van der Waals surface area contributed by atoms with Gasteiger partial charge in [-0.25, -0.2) is 0 Å². The third kappa shape index (κ3) is 5.64. The highest BCUT2D eigenvalue weighted by Gasteiger charge is 2.28. The van der Waals surface area contributed by atoms with Crippen molar-refractivity contribution in [2.75, 3.05) is 51.7 Å². The average molecular weight is 494 g/mol. The first kappa shape index (κ1) is 22.8. The Kier molecular flexibility index (Phi) is 8.95. The molecular formula is C18H29ClIN5O. The van der Waals surface area contributed by atoms with Crippen molar-refractivity contribution in [1.82, 2.24) is 15.5 Å². The molecule has 0 aliphatic carbocycles. The Hall–Kier alpha value is -1.22. The molecule has 0 unspecified atom stereocenters. The predicted molar refractivity (Wildman–Crippen MR) is 120 cm³/mol. The van der Waals surface area contributed by atoms with E-state index in [9.17, 15) is 4.79 Å². The van der Waals surface area contributed by atoms with E-state index in [4.69, 9.17) is 11.6 Å². The lowest BCUT2D eigenvalue weighted by Gasteiger charge is -2.38. The highest BCUT2D eigenvalue weighted by molar-refractivity contribution is 14.0. The second-order valence-corrected chi connectivity index (χ2v) is 7.20. The topological polar surface area (TPSA) is 60.0 Å². The van der Waals surface area contributed by atoms with Crippen LogP contribution in [0.15, 0.2) is 29.3 Å². The van der Waals surface area contributed by atoms with Crippen LogP contribution in [-0.2, 0) is 4.79 Å². The van der Waals surface area contributed by atoms with Gasteiger partial charge in [-0.2, -0.15) is 0 Å². The zero-order chi connectivity index (χ0) is 18.4. The zero-order valence-electron chi connectivity index (χ0n) is 15.9. The molecule has 2 rings (SSSR count). The fourth-order valence-electron chi connectivity index (χ4n) is 2.92. The lowest BCUT2D eigenvalue weighted by Crippen LogP contribution is -2.54. The van der Waals surface area contributed by atoms with Crippen LogP contribution < -0.4 is 15.5 Å². The number of nitrogens with zero attached hydrogens (tertiary/aromatic N) is 3. The van der Waals surface area contributed by atoms with Crippen LogP contribution >= 0.6 is 35.6 Å². The summed E-state index contributed by atoms with van der Waals surface area (Å²) in [7, 11) is 3.43. The van der Waals surface area contributed by atoms with E-state index in [-0.39, 0.29) is 29.9 Å². The summed E-state index contributed by atoms with van der Waals surface area (Å²) in [6.45, 7) is 7.83. The summed E-state index contributed by atoms with van der Waals surface area (Å²) in [5.41, 5.74) is 0.580. The van der Waals surface area contributed by atoms with Crippen molar-refractivity contribution in [3.8, 4) is 0 Å². The summed E-state index contributed by atoms with van der Waals surface area (Å²) in [5.74, 6) is 0.842. The van der Waals surface area contributed by atoms with Gasteiger partial charge < -0.3 is 20.4 Å². The molecule has 0 bridgehead atoms. The molecule has 1 fully saturated rings. The molecule has 1 heterocycles. The van der Waals surface area contributed by atoms with Crippen LogP contribution in [0.2, 0.25) is 5.02 Å². The standard InChI is InChI=1S/C18H28ClN5O.HI/c1-18(2,16(25)20-3)13-22-17(21-4)24-11-9-23(10-12-24)15-8-6-5-7-14(15)19;/h5-8H,9-13H2,1-4H3,(H,20,25)(H,21,22);1H. The van der Waals surface area contributed by atoms with E-state index >= 15 is 0 Å². The number of carbonyl (C=O) groups is 1. The molecule has 0 saturated carbocycles. The Morgan fingerprint density at radius 1 is 1.23 bits per heavy atom. The van der Waals surface area contributed by atoms with Crippen LogP contribution in [0.5, 0.6) is 0 Å². The summed E-state index contributed by atoms with van der Waals surface area (Å²) >= 11 is 6.30. The Balaban J connectivity index is 0.00000338. The number of carbonyl (C=O) groups excluding carboxylic acids is 1. The van der Waals surface area contributed by atoms with Gasteiger partial charge in [-0.3, -0.25) is 9.79 Å². The van der Waals surface area contributed by atoms with E-state index in [1.54, 1.807) is 14.1 Å². The molecule has 8 heteroatoms. The number of anilines is 1. The third-order valence-corrected chi connectivity index (χ3v) is 4.83. The maximum absolute atomic E-state index is 11.9. The van der Waals surface area contributed by atoms with Crippen molar-refractivity contribution in [3.05, 3.63) is 29.3 Å². The summed E-state index contributed by atoms with van der Waals surface area (Å²) in [4.78, 5) is 20.8.